The minimum absolute atomic E-state index is 0.543. The normalized spacial score (nSPS) is 12.3. The summed E-state index contributed by atoms with van der Waals surface area (Å²) in [5.74, 6) is 0. The maximum atomic E-state index is 11.2. The molecule has 92 valence electrons. The number of nitrogens with two attached hydrogens (primary N) is 1. The smallest absolute Gasteiger partial charge is 0.211 e. The summed E-state index contributed by atoms with van der Waals surface area (Å²) in [6.07, 6.45) is 3.05. The highest BCUT2D eigenvalue weighted by Crippen LogP contribution is 1.97. The van der Waals surface area contributed by atoms with Crippen LogP contribution in [0.2, 0.25) is 0 Å². The molecule has 3 N–H and O–H groups in total. The predicted octanol–water partition coefficient (Wildman–Crippen LogP) is -0.404. The molecule has 0 heterocycles. The Labute approximate surface area is 93.1 Å². The fourth-order valence-electron chi connectivity index (χ4n) is 1.29. The lowest BCUT2D eigenvalue weighted by Gasteiger charge is -2.17. The van der Waals surface area contributed by atoms with Gasteiger partial charge in [-0.05, 0) is 32.5 Å². The van der Waals surface area contributed by atoms with Gasteiger partial charge in [-0.3, -0.25) is 0 Å². The first-order chi connectivity index (χ1) is 7.02. The Balaban J connectivity index is 3.57. The fourth-order valence-corrected chi connectivity index (χ4v) is 2.22. The van der Waals surface area contributed by atoms with Gasteiger partial charge in [0.15, 0.2) is 0 Å². The summed E-state index contributed by atoms with van der Waals surface area (Å²) in [6.45, 7) is 5.42. The number of nitrogens with one attached hydrogen (secondary N) is 1. The van der Waals surface area contributed by atoms with E-state index in [-0.39, 0.29) is 0 Å². The highest BCUT2D eigenvalue weighted by molar-refractivity contribution is 7.88. The summed E-state index contributed by atoms with van der Waals surface area (Å²) in [6, 6.07) is 0. The zero-order chi connectivity index (χ0) is 11.7. The molecule has 0 bridgehead atoms. The Bertz CT molecular complexity index is 242. The van der Waals surface area contributed by atoms with E-state index < -0.39 is 10.0 Å². The average molecular weight is 237 g/mol. The number of hydrogen-bond donors (Lipinski definition) is 2. The van der Waals surface area contributed by atoms with Crippen LogP contribution in [0, 0.1) is 0 Å². The first-order valence-corrected chi connectivity index (χ1v) is 7.23. The second kappa shape index (κ2) is 8.04. The average Bonchev–Trinajstić information content (AvgIpc) is 2.15. The molecule has 15 heavy (non-hydrogen) atoms. The Hall–Kier alpha value is -0.170. The van der Waals surface area contributed by atoms with Crippen molar-refractivity contribution in [3.63, 3.8) is 0 Å². The van der Waals surface area contributed by atoms with Crippen LogP contribution in [-0.2, 0) is 10.0 Å². The van der Waals surface area contributed by atoms with Crippen molar-refractivity contribution in [2.45, 2.75) is 19.8 Å². The zero-order valence-electron chi connectivity index (χ0n) is 9.70. The van der Waals surface area contributed by atoms with Gasteiger partial charge in [-0.2, -0.15) is 0 Å². The van der Waals surface area contributed by atoms with Gasteiger partial charge in [-0.1, -0.05) is 6.92 Å². The van der Waals surface area contributed by atoms with Gasteiger partial charge in [0.05, 0.1) is 6.26 Å². The molecule has 0 spiro atoms. The van der Waals surface area contributed by atoms with Gasteiger partial charge < -0.3 is 11.1 Å². The first kappa shape index (κ1) is 14.8. The van der Waals surface area contributed by atoms with E-state index in [2.05, 4.69) is 5.32 Å². The number of rotatable bonds is 9. The molecule has 0 amide bonds. The van der Waals surface area contributed by atoms with Crippen LogP contribution in [0.3, 0.4) is 0 Å². The molecule has 0 aliphatic heterocycles. The van der Waals surface area contributed by atoms with Crippen molar-refractivity contribution in [2.24, 2.45) is 5.73 Å². The van der Waals surface area contributed by atoms with Crippen LogP contribution in [0.25, 0.3) is 0 Å². The summed E-state index contributed by atoms with van der Waals surface area (Å²) in [4.78, 5) is 0. The van der Waals surface area contributed by atoms with E-state index in [4.69, 9.17) is 5.73 Å². The fraction of sp³-hybridized carbons (Fsp3) is 1.00. The van der Waals surface area contributed by atoms with Gasteiger partial charge in [0.25, 0.3) is 0 Å². The van der Waals surface area contributed by atoms with Crippen LogP contribution in [0.1, 0.15) is 19.8 Å². The molecule has 0 atom stereocenters. The van der Waals surface area contributed by atoms with E-state index in [9.17, 15) is 8.42 Å². The second-order valence-corrected chi connectivity index (χ2v) is 5.48. The lowest BCUT2D eigenvalue weighted by Crippen LogP contribution is -2.32. The van der Waals surface area contributed by atoms with E-state index in [0.717, 1.165) is 25.9 Å². The monoisotopic (exact) mass is 237 g/mol. The van der Waals surface area contributed by atoms with E-state index in [0.29, 0.717) is 19.6 Å². The summed E-state index contributed by atoms with van der Waals surface area (Å²) in [5, 5.41) is 3.22. The van der Waals surface area contributed by atoms with Gasteiger partial charge in [0.2, 0.25) is 10.0 Å². The van der Waals surface area contributed by atoms with Gasteiger partial charge in [-0.15, -0.1) is 0 Å². The molecule has 0 radical (unpaired) electrons. The molecule has 6 heteroatoms. The Morgan fingerprint density at radius 3 is 2.33 bits per heavy atom. The second-order valence-electron chi connectivity index (χ2n) is 3.50. The van der Waals surface area contributed by atoms with Crippen LogP contribution < -0.4 is 11.1 Å². The van der Waals surface area contributed by atoms with Gasteiger partial charge >= 0.3 is 0 Å². The summed E-state index contributed by atoms with van der Waals surface area (Å²) in [5.41, 5.74) is 5.34. The van der Waals surface area contributed by atoms with Crippen LogP contribution in [0.4, 0.5) is 0 Å². The molecule has 0 aliphatic carbocycles. The molecule has 0 aliphatic rings. The third kappa shape index (κ3) is 7.72. The Morgan fingerprint density at radius 2 is 1.87 bits per heavy atom. The standard InChI is InChI=1S/C9H23N3O2S/c1-3-12(15(2,13)14)9-5-8-11-7-4-6-10/h11H,3-10H2,1-2H3. The molecule has 5 nitrogen and oxygen atoms in total. The molecule has 0 saturated heterocycles. The molecule has 0 aromatic rings. The maximum Gasteiger partial charge on any atom is 0.211 e. The molecule has 0 unspecified atom stereocenters. The quantitative estimate of drug-likeness (QED) is 0.535. The summed E-state index contributed by atoms with van der Waals surface area (Å²) >= 11 is 0. The molecule has 0 aromatic carbocycles. The summed E-state index contributed by atoms with van der Waals surface area (Å²) < 4.78 is 23.9. The summed E-state index contributed by atoms with van der Waals surface area (Å²) in [7, 11) is -3.03. The topological polar surface area (TPSA) is 75.4 Å². The highest BCUT2D eigenvalue weighted by Gasteiger charge is 2.12. The number of sulfonamides is 1. The van der Waals surface area contributed by atoms with Crippen molar-refractivity contribution < 1.29 is 8.42 Å². The first-order valence-electron chi connectivity index (χ1n) is 5.38. The number of nitrogens with zero attached hydrogens (tertiary/aromatic N) is 1. The van der Waals surface area contributed by atoms with E-state index in [1.165, 1.54) is 10.6 Å². The third-order valence-corrected chi connectivity index (χ3v) is 3.52. The molecular formula is C9H23N3O2S. The molecular weight excluding hydrogens is 214 g/mol. The van der Waals surface area contributed by atoms with E-state index >= 15 is 0 Å². The van der Waals surface area contributed by atoms with Crippen molar-refractivity contribution in [1.82, 2.24) is 9.62 Å². The van der Waals surface area contributed by atoms with Crippen LogP contribution in [-0.4, -0.2) is 51.7 Å². The van der Waals surface area contributed by atoms with Crippen molar-refractivity contribution in [1.29, 1.82) is 0 Å². The Kier molecular flexibility index (Phi) is 7.95. The SMILES string of the molecule is CCN(CCCNCCCN)S(C)(=O)=O. The number of hydrogen-bond acceptors (Lipinski definition) is 4. The van der Waals surface area contributed by atoms with E-state index in [1.807, 2.05) is 6.92 Å². The van der Waals surface area contributed by atoms with E-state index in [1.54, 1.807) is 0 Å². The third-order valence-electron chi connectivity index (χ3n) is 2.14. The van der Waals surface area contributed by atoms with Crippen LogP contribution >= 0.6 is 0 Å². The zero-order valence-corrected chi connectivity index (χ0v) is 10.5. The van der Waals surface area contributed by atoms with Gasteiger partial charge in [0, 0.05) is 13.1 Å². The molecule has 0 aromatic heterocycles. The van der Waals surface area contributed by atoms with Crippen LogP contribution in [0.5, 0.6) is 0 Å². The molecule has 0 rings (SSSR count). The van der Waals surface area contributed by atoms with Gasteiger partial charge in [0.1, 0.15) is 0 Å². The largest absolute Gasteiger partial charge is 0.330 e. The lowest BCUT2D eigenvalue weighted by molar-refractivity contribution is 0.419. The van der Waals surface area contributed by atoms with Crippen molar-refractivity contribution in [2.75, 3.05) is 39.0 Å². The van der Waals surface area contributed by atoms with Crippen molar-refractivity contribution >= 4 is 10.0 Å². The van der Waals surface area contributed by atoms with Crippen molar-refractivity contribution in [3.05, 3.63) is 0 Å². The minimum Gasteiger partial charge on any atom is -0.330 e. The minimum atomic E-state index is -3.03. The molecule has 0 saturated carbocycles. The van der Waals surface area contributed by atoms with Gasteiger partial charge in [-0.25, -0.2) is 12.7 Å². The lowest BCUT2D eigenvalue weighted by atomic mass is 10.4. The van der Waals surface area contributed by atoms with Crippen molar-refractivity contribution in [3.8, 4) is 0 Å². The predicted molar refractivity (Wildman–Crippen MR) is 63.2 cm³/mol. The highest BCUT2D eigenvalue weighted by atomic mass is 32.2. The van der Waals surface area contributed by atoms with Crippen LogP contribution in [0.15, 0.2) is 0 Å². The maximum absolute atomic E-state index is 11.2. The molecule has 0 fully saturated rings. The Morgan fingerprint density at radius 1 is 1.27 bits per heavy atom.